The SMILES string of the molecule is CC(C)c1cc(Br)cc(OCC2CCCCC2)c1. The zero-order valence-electron chi connectivity index (χ0n) is 11.4. The molecule has 0 aromatic heterocycles. The lowest BCUT2D eigenvalue weighted by molar-refractivity contribution is 0.208. The van der Waals surface area contributed by atoms with Gasteiger partial charge in [-0.2, -0.15) is 0 Å². The van der Waals surface area contributed by atoms with Crippen LogP contribution in [0.4, 0.5) is 0 Å². The first-order chi connectivity index (χ1) is 8.65. The molecule has 0 N–H and O–H groups in total. The summed E-state index contributed by atoms with van der Waals surface area (Å²) < 4.78 is 7.11. The van der Waals surface area contributed by atoms with Gasteiger partial charge < -0.3 is 4.74 Å². The van der Waals surface area contributed by atoms with Gasteiger partial charge in [0, 0.05) is 4.47 Å². The van der Waals surface area contributed by atoms with Gasteiger partial charge in [-0.3, -0.25) is 0 Å². The number of hydrogen-bond acceptors (Lipinski definition) is 1. The number of halogens is 1. The van der Waals surface area contributed by atoms with Gasteiger partial charge in [0.15, 0.2) is 0 Å². The summed E-state index contributed by atoms with van der Waals surface area (Å²) in [4.78, 5) is 0. The Morgan fingerprint density at radius 3 is 2.56 bits per heavy atom. The fourth-order valence-electron chi connectivity index (χ4n) is 2.57. The molecule has 0 amide bonds. The maximum Gasteiger partial charge on any atom is 0.120 e. The third-order valence-electron chi connectivity index (χ3n) is 3.77. The number of hydrogen-bond donors (Lipinski definition) is 0. The Balaban J connectivity index is 1.95. The van der Waals surface area contributed by atoms with Crippen LogP contribution < -0.4 is 4.74 Å². The molecule has 0 unspecified atom stereocenters. The van der Waals surface area contributed by atoms with Crippen LogP contribution in [0.3, 0.4) is 0 Å². The number of benzene rings is 1. The standard InChI is InChI=1S/C16H23BrO/c1-12(2)14-8-15(17)10-16(9-14)18-11-13-6-4-3-5-7-13/h8-10,12-13H,3-7,11H2,1-2H3. The van der Waals surface area contributed by atoms with Gasteiger partial charge in [0.25, 0.3) is 0 Å². The molecule has 0 saturated heterocycles. The highest BCUT2D eigenvalue weighted by molar-refractivity contribution is 9.10. The lowest BCUT2D eigenvalue weighted by Crippen LogP contribution is -2.15. The molecule has 0 spiro atoms. The number of rotatable bonds is 4. The van der Waals surface area contributed by atoms with Crippen LogP contribution in [0.1, 0.15) is 57.4 Å². The molecule has 1 fully saturated rings. The van der Waals surface area contributed by atoms with Crippen LogP contribution in [0.15, 0.2) is 22.7 Å². The Bertz CT molecular complexity index is 381. The van der Waals surface area contributed by atoms with Crippen molar-refractivity contribution in [2.45, 2.75) is 51.9 Å². The van der Waals surface area contributed by atoms with Crippen molar-refractivity contribution in [1.29, 1.82) is 0 Å². The summed E-state index contributed by atoms with van der Waals surface area (Å²) in [5, 5.41) is 0. The smallest absolute Gasteiger partial charge is 0.120 e. The molecule has 0 aliphatic heterocycles. The van der Waals surface area contributed by atoms with E-state index in [0.717, 1.165) is 22.7 Å². The Labute approximate surface area is 119 Å². The second kappa shape index (κ2) is 6.60. The van der Waals surface area contributed by atoms with Gasteiger partial charge in [0.2, 0.25) is 0 Å². The van der Waals surface area contributed by atoms with Gasteiger partial charge in [-0.1, -0.05) is 49.0 Å². The second-order valence-corrected chi connectivity index (χ2v) is 6.61. The summed E-state index contributed by atoms with van der Waals surface area (Å²) in [6.45, 7) is 5.31. The van der Waals surface area contributed by atoms with E-state index < -0.39 is 0 Å². The summed E-state index contributed by atoms with van der Waals surface area (Å²) in [6.07, 6.45) is 6.84. The van der Waals surface area contributed by atoms with Crippen molar-refractivity contribution in [3.63, 3.8) is 0 Å². The fraction of sp³-hybridized carbons (Fsp3) is 0.625. The molecular formula is C16H23BrO. The highest BCUT2D eigenvalue weighted by Gasteiger charge is 2.14. The predicted molar refractivity (Wildman–Crippen MR) is 80.3 cm³/mol. The zero-order chi connectivity index (χ0) is 13.0. The molecular weight excluding hydrogens is 288 g/mol. The highest BCUT2D eigenvalue weighted by atomic mass is 79.9. The van der Waals surface area contributed by atoms with E-state index in [1.165, 1.54) is 37.7 Å². The van der Waals surface area contributed by atoms with E-state index in [4.69, 9.17) is 4.74 Å². The van der Waals surface area contributed by atoms with Crippen molar-refractivity contribution in [2.24, 2.45) is 5.92 Å². The monoisotopic (exact) mass is 310 g/mol. The van der Waals surface area contributed by atoms with Crippen molar-refractivity contribution in [3.05, 3.63) is 28.2 Å². The molecule has 0 atom stereocenters. The normalized spacial score (nSPS) is 17.1. The third kappa shape index (κ3) is 4.01. The van der Waals surface area contributed by atoms with Crippen molar-refractivity contribution >= 4 is 15.9 Å². The van der Waals surface area contributed by atoms with Crippen molar-refractivity contribution < 1.29 is 4.74 Å². The quantitative estimate of drug-likeness (QED) is 0.710. The molecule has 0 heterocycles. The first kappa shape index (κ1) is 13.9. The fourth-order valence-corrected chi connectivity index (χ4v) is 3.06. The maximum absolute atomic E-state index is 5.99. The summed E-state index contributed by atoms with van der Waals surface area (Å²) in [7, 11) is 0. The van der Waals surface area contributed by atoms with E-state index >= 15 is 0 Å². The Kier molecular flexibility index (Phi) is 5.11. The van der Waals surface area contributed by atoms with Crippen LogP contribution in [0.25, 0.3) is 0 Å². The molecule has 0 bridgehead atoms. The van der Waals surface area contributed by atoms with E-state index in [1.807, 2.05) is 0 Å². The van der Waals surface area contributed by atoms with E-state index in [0.29, 0.717) is 5.92 Å². The van der Waals surface area contributed by atoms with Gasteiger partial charge in [0.05, 0.1) is 6.61 Å². The molecule has 1 aromatic rings. The minimum absolute atomic E-state index is 0.541. The predicted octanol–water partition coefficient (Wildman–Crippen LogP) is 5.53. The largest absolute Gasteiger partial charge is 0.493 e. The molecule has 1 aromatic carbocycles. The summed E-state index contributed by atoms with van der Waals surface area (Å²) in [6, 6.07) is 6.44. The summed E-state index contributed by atoms with van der Waals surface area (Å²) in [5.41, 5.74) is 1.34. The van der Waals surface area contributed by atoms with Gasteiger partial charge in [0.1, 0.15) is 5.75 Å². The van der Waals surface area contributed by atoms with Crippen molar-refractivity contribution in [3.8, 4) is 5.75 Å². The van der Waals surface area contributed by atoms with Crippen LogP contribution in [-0.2, 0) is 0 Å². The van der Waals surface area contributed by atoms with E-state index in [-0.39, 0.29) is 0 Å². The van der Waals surface area contributed by atoms with Gasteiger partial charge in [-0.05, 0) is 48.4 Å². The highest BCUT2D eigenvalue weighted by Crippen LogP contribution is 2.28. The maximum atomic E-state index is 5.99. The molecule has 1 aliphatic rings. The summed E-state index contributed by atoms with van der Waals surface area (Å²) >= 11 is 3.57. The molecule has 18 heavy (non-hydrogen) atoms. The number of ether oxygens (including phenoxy) is 1. The third-order valence-corrected chi connectivity index (χ3v) is 4.23. The minimum atomic E-state index is 0.541. The van der Waals surface area contributed by atoms with Crippen LogP contribution in [0.5, 0.6) is 5.75 Å². The van der Waals surface area contributed by atoms with Gasteiger partial charge in [-0.15, -0.1) is 0 Å². The molecule has 1 aliphatic carbocycles. The Hall–Kier alpha value is -0.500. The topological polar surface area (TPSA) is 9.23 Å². The molecule has 2 rings (SSSR count). The average molecular weight is 311 g/mol. The second-order valence-electron chi connectivity index (χ2n) is 5.69. The first-order valence-electron chi connectivity index (χ1n) is 7.08. The van der Waals surface area contributed by atoms with Gasteiger partial charge >= 0.3 is 0 Å². The first-order valence-corrected chi connectivity index (χ1v) is 7.87. The lowest BCUT2D eigenvalue weighted by atomic mass is 9.90. The molecule has 1 nitrogen and oxygen atoms in total. The van der Waals surface area contributed by atoms with Crippen molar-refractivity contribution in [2.75, 3.05) is 6.61 Å². The van der Waals surface area contributed by atoms with Crippen LogP contribution in [0.2, 0.25) is 0 Å². The molecule has 1 saturated carbocycles. The van der Waals surface area contributed by atoms with Crippen LogP contribution in [-0.4, -0.2) is 6.61 Å². The van der Waals surface area contributed by atoms with Gasteiger partial charge in [-0.25, -0.2) is 0 Å². The average Bonchev–Trinajstić information content (AvgIpc) is 2.37. The van der Waals surface area contributed by atoms with E-state index in [9.17, 15) is 0 Å². The molecule has 2 heteroatoms. The van der Waals surface area contributed by atoms with Crippen molar-refractivity contribution in [1.82, 2.24) is 0 Å². The van der Waals surface area contributed by atoms with Crippen LogP contribution in [0, 0.1) is 5.92 Å². The van der Waals surface area contributed by atoms with Crippen LogP contribution >= 0.6 is 15.9 Å². The molecule has 0 radical (unpaired) electrons. The Morgan fingerprint density at radius 1 is 1.17 bits per heavy atom. The van der Waals surface area contributed by atoms with E-state index in [1.54, 1.807) is 0 Å². The minimum Gasteiger partial charge on any atom is -0.493 e. The summed E-state index contributed by atoms with van der Waals surface area (Å²) in [5.74, 6) is 2.32. The Morgan fingerprint density at radius 2 is 1.89 bits per heavy atom. The molecule has 100 valence electrons. The lowest BCUT2D eigenvalue weighted by Gasteiger charge is -2.22. The van der Waals surface area contributed by atoms with E-state index in [2.05, 4.69) is 48.0 Å². The zero-order valence-corrected chi connectivity index (χ0v) is 13.0.